The highest BCUT2D eigenvalue weighted by molar-refractivity contribution is 7.92. The van der Waals surface area contributed by atoms with E-state index in [9.17, 15) is 23.1 Å². The third-order valence-corrected chi connectivity index (χ3v) is 6.81. The van der Waals surface area contributed by atoms with Crippen molar-refractivity contribution < 1.29 is 23.1 Å². The predicted octanol–water partition coefficient (Wildman–Crippen LogP) is 1.06. The van der Waals surface area contributed by atoms with Crippen molar-refractivity contribution in [2.24, 2.45) is 5.41 Å². The number of nitrogens with zero attached hydrogens (tertiary/aromatic N) is 1. The van der Waals surface area contributed by atoms with Crippen LogP contribution in [0, 0.1) is 5.41 Å². The number of hydrogen-bond acceptors (Lipinski definition) is 4. The van der Waals surface area contributed by atoms with Crippen LogP contribution >= 0.6 is 0 Å². The number of likely N-dealkylation sites (tertiary alicyclic amines) is 1. The number of carboxylic acids is 1. The van der Waals surface area contributed by atoms with Gasteiger partial charge in [0.1, 0.15) is 11.3 Å². The van der Waals surface area contributed by atoms with Gasteiger partial charge in [0.25, 0.3) is 0 Å². The molecule has 2 rings (SSSR count). The summed E-state index contributed by atoms with van der Waals surface area (Å²) in [4.78, 5) is 25.5. The molecule has 1 amide bonds. The summed E-state index contributed by atoms with van der Waals surface area (Å²) in [5.74, 6) is -1.55. The van der Waals surface area contributed by atoms with E-state index >= 15 is 0 Å². The number of piperidine rings is 1. The van der Waals surface area contributed by atoms with Crippen LogP contribution in [-0.4, -0.2) is 53.9 Å². The Morgan fingerprint density at radius 1 is 1.19 bits per heavy atom. The normalized spacial score (nSPS) is 31.6. The standard InChI is InChI=1S/C14H23NO5S/c1-14(2)7-5-8-15(11(14)13(17)18)12(16)10-6-3-4-9-21(10,19)20/h10-11H,3-9H2,1-2H3,(H,17,18). The fourth-order valence-electron chi connectivity index (χ4n) is 3.51. The highest BCUT2D eigenvalue weighted by Gasteiger charge is 2.48. The second-order valence-corrected chi connectivity index (χ2v) is 9.02. The molecule has 21 heavy (non-hydrogen) atoms. The largest absolute Gasteiger partial charge is 0.480 e. The molecular formula is C14H23NO5S. The number of rotatable bonds is 2. The number of carboxylic acid groups (broad SMARTS) is 1. The zero-order valence-electron chi connectivity index (χ0n) is 12.5. The van der Waals surface area contributed by atoms with E-state index in [-0.39, 0.29) is 5.75 Å². The molecule has 0 aromatic heterocycles. The molecule has 2 unspecified atom stereocenters. The summed E-state index contributed by atoms with van der Waals surface area (Å²) < 4.78 is 24.2. The molecule has 0 radical (unpaired) electrons. The summed E-state index contributed by atoms with van der Waals surface area (Å²) in [5, 5.41) is 8.42. The Morgan fingerprint density at radius 3 is 2.43 bits per heavy atom. The maximum Gasteiger partial charge on any atom is 0.326 e. The van der Waals surface area contributed by atoms with Gasteiger partial charge in [0.15, 0.2) is 9.84 Å². The van der Waals surface area contributed by atoms with Crippen molar-refractivity contribution in [1.29, 1.82) is 0 Å². The number of aliphatic carboxylic acids is 1. The molecule has 2 saturated heterocycles. The van der Waals surface area contributed by atoms with E-state index in [4.69, 9.17) is 0 Å². The molecule has 0 aliphatic carbocycles. The third kappa shape index (κ3) is 3.07. The number of hydrogen-bond donors (Lipinski definition) is 1. The minimum atomic E-state index is -3.44. The molecule has 0 aromatic rings. The first-order valence-electron chi connectivity index (χ1n) is 7.42. The van der Waals surface area contributed by atoms with Gasteiger partial charge < -0.3 is 10.0 Å². The molecular weight excluding hydrogens is 294 g/mol. The molecule has 0 bridgehead atoms. The van der Waals surface area contributed by atoms with Gasteiger partial charge in [-0.3, -0.25) is 4.79 Å². The van der Waals surface area contributed by atoms with Crippen LogP contribution < -0.4 is 0 Å². The van der Waals surface area contributed by atoms with Crippen molar-refractivity contribution in [3.8, 4) is 0 Å². The number of sulfone groups is 1. The quantitative estimate of drug-likeness (QED) is 0.822. The molecule has 6 nitrogen and oxygen atoms in total. The van der Waals surface area contributed by atoms with Gasteiger partial charge in [0.05, 0.1) is 5.75 Å². The van der Waals surface area contributed by atoms with Crippen molar-refractivity contribution in [3.63, 3.8) is 0 Å². The molecule has 7 heteroatoms. The number of amides is 1. The fourth-order valence-corrected chi connectivity index (χ4v) is 5.37. The average molecular weight is 317 g/mol. The molecule has 2 fully saturated rings. The zero-order chi connectivity index (χ0) is 15.8. The highest BCUT2D eigenvalue weighted by Crippen LogP contribution is 2.36. The van der Waals surface area contributed by atoms with Crippen molar-refractivity contribution in [1.82, 2.24) is 4.90 Å². The summed E-state index contributed by atoms with van der Waals surface area (Å²) in [6, 6.07) is -0.948. The van der Waals surface area contributed by atoms with Gasteiger partial charge >= 0.3 is 5.97 Å². The maximum absolute atomic E-state index is 12.7. The van der Waals surface area contributed by atoms with E-state index in [0.29, 0.717) is 38.6 Å². The first-order chi connectivity index (χ1) is 9.67. The van der Waals surface area contributed by atoms with E-state index in [1.807, 2.05) is 13.8 Å². The Balaban J connectivity index is 2.30. The molecule has 0 aromatic carbocycles. The van der Waals surface area contributed by atoms with Gasteiger partial charge in [0.2, 0.25) is 5.91 Å². The zero-order valence-corrected chi connectivity index (χ0v) is 13.4. The Bertz CT molecular complexity index is 540. The Kier molecular flexibility index (Phi) is 4.33. The molecule has 2 aliphatic heterocycles. The monoisotopic (exact) mass is 317 g/mol. The molecule has 120 valence electrons. The summed E-state index contributed by atoms with van der Waals surface area (Å²) >= 11 is 0. The maximum atomic E-state index is 12.7. The minimum absolute atomic E-state index is 0.0262. The average Bonchev–Trinajstić information content (AvgIpc) is 2.35. The van der Waals surface area contributed by atoms with Gasteiger partial charge in [-0.2, -0.15) is 0 Å². The molecule has 2 aliphatic rings. The molecule has 2 heterocycles. The van der Waals surface area contributed by atoms with E-state index in [1.165, 1.54) is 4.90 Å². The van der Waals surface area contributed by atoms with Crippen LogP contribution in [0.15, 0.2) is 0 Å². The van der Waals surface area contributed by atoms with Crippen molar-refractivity contribution in [3.05, 3.63) is 0 Å². The Morgan fingerprint density at radius 2 is 1.86 bits per heavy atom. The van der Waals surface area contributed by atoms with Crippen LogP contribution in [0.2, 0.25) is 0 Å². The lowest BCUT2D eigenvalue weighted by Crippen LogP contribution is -2.59. The SMILES string of the molecule is CC1(C)CCCN(C(=O)C2CCCCS2(=O)=O)C1C(=O)O. The van der Waals surface area contributed by atoms with Crippen LogP contribution in [0.5, 0.6) is 0 Å². The fraction of sp³-hybridized carbons (Fsp3) is 0.857. The van der Waals surface area contributed by atoms with Crippen molar-refractivity contribution >= 4 is 21.7 Å². The van der Waals surface area contributed by atoms with Gasteiger partial charge in [-0.1, -0.05) is 20.3 Å². The smallest absolute Gasteiger partial charge is 0.326 e. The van der Waals surface area contributed by atoms with E-state index in [0.717, 1.165) is 0 Å². The Labute approximate surface area is 125 Å². The second kappa shape index (κ2) is 5.59. The third-order valence-electron chi connectivity index (χ3n) is 4.64. The summed E-state index contributed by atoms with van der Waals surface area (Å²) in [6.07, 6.45) is 3.01. The van der Waals surface area contributed by atoms with Crippen molar-refractivity contribution in [2.45, 2.75) is 57.2 Å². The molecule has 0 saturated carbocycles. The molecule has 1 N–H and O–H groups in total. The van der Waals surface area contributed by atoms with E-state index < -0.39 is 38.4 Å². The van der Waals surface area contributed by atoms with Crippen LogP contribution in [0.4, 0.5) is 0 Å². The van der Waals surface area contributed by atoms with Crippen molar-refractivity contribution in [2.75, 3.05) is 12.3 Å². The second-order valence-electron chi connectivity index (χ2n) is 6.72. The summed E-state index contributed by atoms with van der Waals surface area (Å²) in [6.45, 7) is 3.96. The van der Waals surface area contributed by atoms with Crippen LogP contribution in [0.3, 0.4) is 0 Å². The van der Waals surface area contributed by atoms with Crippen LogP contribution in [0.25, 0.3) is 0 Å². The van der Waals surface area contributed by atoms with Gasteiger partial charge in [-0.15, -0.1) is 0 Å². The number of carbonyl (C=O) groups is 2. The molecule has 2 atom stereocenters. The van der Waals surface area contributed by atoms with Gasteiger partial charge in [0, 0.05) is 6.54 Å². The lowest BCUT2D eigenvalue weighted by atomic mass is 9.76. The predicted molar refractivity (Wildman–Crippen MR) is 77.6 cm³/mol. The van der Waals surface area contributed by atoms with Crippen LogP contribution in [-0.2, 0) is 19.4 Å². The lowest BCUT2D eigenvalue weighted by Gasteiger charge is -2.45. The first-order valence-corrected chi connectivity index (χ1v) is 9.13. The first kappa shape index (κ1) is 16.3. The minimum Gasteiger partial charge on any atom is -0.480 e. The van der Waals surface area contributed by atoms with E-state index in [2.05, 4.69) is 0 Å². The topological polar surface area (TPSA) is 91.8 Å². The van der Waals surface area contributed by atoms with Gasteiger partial charge in [-0.25, -0.2) is 13.2 Å². The summed E-state index contributed by atoms with van der Waals surface area (Å²) in [7, 11) is -3.44. The summed E-state index contributed by atoms with van der Waals surface area (Å²) in [5.41, 5.74) is -0.543. The van der Waals surface area contributed by atoms with E-state index in [1.54, 1.807) is 0 Å². The highest BCUT2D eigenvalue weighted by atomic mass is 32.2. The lowest BCUT2D eigenvalue weighted by molar-refractivity contribution is -0.158. The Hall–Kier alpha value is -1.11. The molecule has 0 spiro atoms. The van der Waals surface area contributed by atoms with Crippen LogP contribution in [0.1, 0.15) is 46.0 Å². The number of carbonyl (C=O) groups excluding carboxylic acids is 1. The van der Waals surface area contributed by atoms with Gasteiger partial charge in [-0.05, 0) is 31.1 Å².